The Hall–Kier alpha value is -0.830. The van der Waals surface area contributed by atoms with Crippen LogP contribution in [0.2, 0.25) is 0 Å². The second-order valence-corrected chi connectivity index (χ2v) is 5.64. The van der Waals surface area contributed by atoms with Gasteiger partial charge in [0.05, 0.1) is 12.9 Å². The summed E-state index contributed by atoms with van der Waals surface area (Å²) in [5.74, 6) is 5.75. The largest absolute Gasteiger partial charge is 0.269 e. The van der Waals surface area contributed by atoms with Gasteiger partial charge in [-0.1, -0.05) is 27.8 Å². The highest BCUT2D eigenvalue weighted by molar-refractivity contribution is 9.10. The second kappa shape index (κ2) is 6.04. The van der Waals surface area contributed by atoms with Gasteiger partial charge in [0, 0.05) is 16.5 Å². The Kier molecular flexibility index (Phi) is 5.00. The Morgan fingerprint density at radius 3 is 2.50 bits per heavy atom. The van der Waals surface area contributed by atoms with Crippen LogP contribution in [0.15, 0.2) is 28.7 Å². The Balaban J connectivity index is 2.41. The first-order chi connectivity index (χ1) is 7.47. The minimum Gasteiger partial charge on any atom is -0.269 e. The number of halogens is 1. The Labute approximate surface area is 104 Å². The first-order valence-corrected chi connectivity index (χ1v) is 7.17. The molecule has 0 spiro atoms. The van der Waals surface area contributed by atoms with Crippen molar-refractivity contribution in [1.82, 2.24) is 0 Å². The number of rotatable bonds is 3. The highest BCUT2D eigenvalue weighted by Crippen LogP contribution is 2.09. The summed E-state index contributed by atoms with van der Waals surface area (Å²) >= 11 is 3.33. The molecule has 0 fully saturated rings. The van der Waals surface area contributed by atoms with Crippen LogP contribution >= 0.6 is 15.9 Å². The van der Waals surface area contributed by atoms with Crippen LogP contribution in [0.25, 0.3) is 0 Å². The smallest absolute Gasteiger partial charge is 0.264 e. The van der Waals surface area contributed by atoms with Crippen molar-refractivity contribution >= 4 is 26.0 Å². The molecule has 5 heteroatoms. The molecule has 0 unspecified atom stereocenters. The molecular formula is C11H11BrO3S. The molecule has 0 radical (unpaired) electrons. The zero-order valence-electron chi connectivity index (χ0n) is 8.73. The van der Waals surface area contributed by atoms with E-state index in [0.717, 1.165) is 16.3 Å². The van der Waals surface area contributed by atoms with Crippen LogP contribution in [0, 0.1) is 11.8 Å². The normalized spacial score (nSPS) is 10.6. The summed E-state index contributed by atoms with van der Waals surface area (Å²) in [6.45, 7) is 0.0996. The van der Waals surface area contributed by atoms with Gasteiger partial charge in [0.15, 0.2) is 0 Å². The van der Waals surface area contributed by atoms with E-state index < -0.39 is 10.1 Å². The number of benzene rings is 1. The molecule has 1 aromatic carbocycles. The van der Waals surface area contributed by atoms with E-state index in [1.165, 1.54) is 0 Å². The van der Waals surface area contributed by atoms with E-state index in [2.05, 4.69) is 32.0 Å². The fourth-order valence-corrected chi connectivity index (χ4v) is 1.59. The molecule has 0 atom stereocenters. The summed E-state index contributed by atoms with van der Waals surface area (Å²) in [6, 6.07) is 7.57. The topological polar surface area (TPSA) is 43.4 Å². The lowest BCUT2D eigenvalue weighted by Gasteiger charge is -1.95. The summed E-state index contributed by atoms with van der Waals surface area (Å²) < 4.78 is 26.8. The molecule has 0 bridgehead atoms. The molecule has 0 amide bonds. The molecule has 1 rings (SSSR count). The van der Waals surface area contributed by atoms with Crippen molar-refractivity contribution in [2.24, 2.45) is 0 Å². The first-order valence-electron chi connectivity index (χ1n) is 4.56. The van der Waals surface area contributed by atoms with Crippen molar-refractivity contribution in [2.75, 3.05) is 12.9 Å². The molecule has 0 aliphatic carbocycles. The molecule has 0 aliphatic rings. The molecule has 0 saturated heterocycles. The Morgan fingerprint density at radius 2 is 1.94 bits per heavy atom. The van der Waals surface area contributed by atoms with E-state index in [4.69, 9.17) is 0 Å². The van der Waals surface area contributed by atoms with E-state index in [0.29, 0.717) is 6.42 Å². The van der Waals surface area contributed by atoms with Crippen LogP contribution in [-0.2, 0) is 14.3 Å². The molecule has 0 heterocycles. The molecule has 0 N–H and O–H groups in total. The molecule has 3 nitrogen and oxygen atoms in total. The van der Waals surface area contributed by atoms with E-state index in [9.17, 15) is 8.42 Å². The minimum atomic E-state index is -3.35. The molecule has 86 valence electrons. The molecule has 0 aliphatic heterocycles. The fourth-order valence-electron chi connectivity index (χ4n) is 0.942. The maximum Gasteiger partial charge on any atom is 0.264 e. The van der Waals surface area contributed by atoms with E-state index in [-0.39, 0.29) is 6.61 Å². The highest BCUT2D eigenvalue weighted by Gasteiger charge is 1.98. The predicted molar refractivity (Wildman–Crippen MR) is 66.4 cm³/mol. The van der Waals surface area contributed by atoms with Gasteiger partial charge in [-0.15, -0.1) is 0 Å². The summed E-state index contributed by atoms with van der Waals surface area (Å²) in [4.78, 5) is 0. The van der Waals surface area contributed by atoms with Crippen LogP contribution < -0.4 is 0 Å². The van der Waals surface area contributed by atoms with Gasteiger partial charge in [-0.3, -0.25) is 4.18 Å². The summed E-state index contributed by atoms with van der Waals surface area (Å²) in [5.41, 5.74) is 0.891. The summed E-state index contributed by atoms with van der Waals surface area (Å²) in [6.07, 6.45) is 1.41. The third-order valence-corrected chi connectivity index (χ3v) is 2.72. The van der Waals surface area contributed by atoms with Crippen molar-refractivity contribution in [3.05, 3.63) is 34.3 Å². The summed E-state index contributed by atoms with van der Waals surface area (Å²) in [5, 5.41) is 0. The lowest BCUT2D eigenvalue weighted by Crippen LogP contribution is -2.03. The average molecular weight is 303 g/mol. The lowest BCUT2D eigenvalue weighted by molar-refractivity contribution is 0.330. The van der Waals surface area contributed by atoms with E-state index in [1.807, 2.05) is 24.3 Å². The zero-order valence-corrected chi connectivity index (χ0v) is 11.1. The van der Waals surface area contributed by atoms with Crippen molar-refractivity contribution in [3.8, 4) is 11.8 Å². The molecule has 0 saturated carbocycles. The third kappa shape index (κ3) is 5.91. The average Bonchev–Trinajstić information content (AvgIpc) is 2.19. The van der Waals surface area contributed by atoms with Gasteiger partial charge < -0.3 is 0 Å². The maximum atomic E-state index is 10.6. The SMILES string of the molecule is CS(=O)(=O)OCCC#Cc1ccc(Br)cc1. The van der Waals surface area contributed by atoms with Gasteiger partial charge in [-0.25, -0.2) is 0 Å². The van der Waals surface area contributed by atoms with Crippen molar-refractivity contribution in [3.63, 3.8) is 0 Å². The molecular weight excluding hydrogens is 292 g/mol. The first kappa shape index (κ1) is 13.2. The highest BCUT2D eigenvalue weighted by atomic mass is 79.9. The van der Waals surface area contributed by atoms with Crippen LogP contribution in [0.1, 0.15) is 12.0 Å². The van der Waals surface area contributed by atoms with Gasteiger partial charge in [0.25, 0.3) is 10.1 Å². The fraction of sp³-hybridized carbons (Fsp3) is 0.273. The van der Waals surface area contributed by atoms with Gasteiger partial charge in [-0.2, -0.15) is 8.42 Å². The van der Waals surface area contributed by atoms with Gasteiger partial charge >= 0.3 is 0 Å². The van der Waals surface area contributed by atoms with Crippen LogP contribution in [-0.4, -0.2) is 21.3 Å². The third-order valence-electron chi connectivity index (χ3n) is 1.60. The Morgan fingerprint density at radius 1 is 1.31 bits per heavy atom. The minimum absolute atomic E-state index is 0.0996. The molecule has 0 aromatic heterocycles. The standard InChI is InChI=1S/C11H11BrO3S/c1-16(13,14)15-9-3-2-4-10-5-7-11(12)8-6-10/h5-8H,3,9H2,1H3. The number of hydrogen-bond donors (Lipinski definition) is 0. The van der Waals surface area contributed by atoms with Crippen molar-refractivity contribution in [1.29, 1.82) is 0 Å². The van der Waals surface area contributed by atoms with Crippen LogP contribution in [0.4, 0.5) is 0 Å². The lowest BCUT2D eigenvalue weighted by atomic mass is 10.2. The van der Waals surface area contributed by atoms with Crippen LogP contribution in [0.5, 0.6) is 0 Å². The molecule has 16 heavy (non-hydrogen) atoms. The quantitative estimate of drug-likeness (QED) is 0.488. The van der Waals surface area contributed by atoms with E-state index in [1.54, 1.807) is 0 Å². The van der Waals surface area contributed by atoms with E-state index >= 15 is 0 Å². The monoisotopic (exact) mass is 302 g/mol. The second-order valence-electron chi connectivity index (χ2n) is 3.08. The van der Waals surface area contributed by atoms with Gasteiger partial charge in [-0.05, 0) is 24.3 Å². The van der Waals surface area contributed by atoms with Crippen LogP contribution in [0.3, 0.4) is 0 Å². The van der Waals surface area contributed by atoms with Crippen molar-refractivity contribution < 1.29 is 12.6 Å². The number of hydrogen-bond acceptors (Lipinski definition) is 3. The maximum absolute atomic E-state index is 10.6. The zero-order chi connectivity index (χ0) is 12.0. The van der Waals surface area contributed by atoms with Gasteiger partial charge in [0.2, 0.25) is 0 Å². The van der Waals surface area contributed by atoms with Gasteiger partial charge in [0.1, 0.15) is 0 Å². The Bertz CT molecular complexity index is 494. The van der Waals surface area contributed by atoms with Crippen molar-refractivity contribution in [2.45, 2.75) is 6.42 Å². The molecule has 1 aromatic rings. The summed E-state index contributed by atoms with van der Waals surface area (Å²) in [7, 11) is -3.35. The predicted octanol–water partition coefficient (Wildman–Crippen LogP) is 2.17.